The van der Waals surface area contributed by atoms with Crippen LogP contribution >= 0.6 is 0 Å². The van der Waals surface area contributed by atoms with Crippen molar-refractivity contribution in [2.24, 2.45) is 0 Å². The first-order chi connectivity index (χ1) is 9.83. The van der Waals surface area contributed by atoms with E-state index < -0.39 is 0 Å². The Morgan fingerprint density at radius 1 is 0.950 bits per heavy atom. The molecule has 0 saturated heterocycles. The lowest BCUT2D eigenvalue weighted by molar-refractivity contribution is 0.339. The molecule has 0 bridgehead atoms. The maximum atomic E-state index is 5.64. The molecule has 2 aromatic carbocycles. The molecule has 0 aliphatic carbocycles. The van der Waals surface area contributed by atoms with Crippen LogP contribution in [0.1, 0.15) is 37.0 Å². The molecule has 0 radical (unpaired) electrons. The molecule has 20 heavy (non-hydrogen) atoms. The quantitative estimate of drug-likeness (QED) is 0.652. The van der Waals surface area contributed by atoms with Crippen LogP contribution in [-0.2, 0) is 6.42 Å². The van der Waals surface area contributed by atoms with Crippen molar-refractivity contribution in [2.75, 3.05) is 6.61 Å². The number of rotatable bonds is 6. The van der Waals surface area contributed by atoms with E-state index in [0.29, 0.717) is 6.61 Å². The second kappa shape index (κ2) is 7.54. The Morgan fingerprint density at radius 2 is 1.80 bits per heavy atom. The van der Waals surface area contributed by atoms with E-state index >= 15 is 0 Å². The lowest BCUT2D eigenvalue weighted by Gasteiger charge is -2.06. The van der Waals surface area contributed by atoms with Crippen molar-refractivity contribution >= 4 is 12.2 Å². The van der Waals surface area contributed by atoms with Crippen molar-refractivity contribution in [3.63, 3.8) is 0 Å². The van der Waals surface area contributed by atoms with Crippen LogP contribution in [0, 0.1) is 0 Å². The third-order valence-corrected chi connectivity index (χ3v) is 3.16. The van der Waals surface area contributed by atoms with Crippen LogP contribution in [0.2, 0.25) is 0 Å². The minimum atomic E-state index is 0.691. The van der Waals surface area contributed by atoms with Crippen molar-refractivity contribution in [3.8, 4) is 5.75 Å². The first kappa shape index (κ1) is 14.4. The number of aryl methyl sites for hydroxylation is 1. The molecule has 1 nitrogen and oxygen atoms in total. The van der Waals surface area contributed by atoms with Gasteiger partial charge in [-0.2, -0.15) is 0 Å². The molecular weight excluding hydrogens is 244 g/mol. The minimum absolute atomic E-state index is 0.691. The van der Waals surface area contributed by atoms with Gasteiger partial charge in [0.05, 0.1) is 6.61 Å². The first-order valence-corrected chi connectivity index (χ1v) is 7.32. The van der Waals surface area contributed by atoms with Crippen molar-refractivity contribution in [1.29, 1.82) is 0 Å². The molecule has 0 aromatic heterocycles. The van der Waals surface area contributed by atoms with Gasteiger partial charge in [-0.05, 0) is 30.5 Å². The molecule has 0 aliphatic rings. The number of ether oxygens (including phenoxy) is 1. The average molecular weight is 266 g/mol. The highest BCUT2D eigenvalue weighted by Crippen LogP contribution is 2.21. The number of para-hydroxylation sites is 1. The van der Waals surface area contributed by atoms with Crippen LogP contribution in [0.25, 0.3) is 12.2 Å². The smallest absolute Gasteiger partial charge is 0.126 e. The van der Waals surface area contributed by atoms with Crippen LogP contribution in [-0.4, -0.2) is 6.61 Å². The Morgan fingerprint density at radius 3 is 2.60 bits per heavy atom. The van der Waals surface area contributed by atoms with E-state index in [1.807, 2.05) is 25.1 Å². The normalized spacial score (nSPS) is 10.9. The van der Waals surface area contributed by atoms with Gasteiger partial charge in [0.15, 0.2) is 0 Å². The molecule has 2 rings (SSSR count). The predicted molar refractivity (Wildman–Crippen MR) is 87.0 cm³/mol. The topological polar surface area (TPSA) is 9.23 Å². The third kappa shape index (κ3) is 3.99. The fourth-order valence-electron chi connectivity index (χ4n) is 2.23. The van der Waals surface area contributed by atoms with Gasteiger partial charge >= 0.3 is 0 Å². The van der Waals surface area contributed by atoms with Crippen molar-refractivity contribution in [2.45, 2.75) is 26.7 Å². The maximum Gasteiger partial charge on any atom is 0.126 e. The van der Waals surface area contributed by atoms with E-state index in [9.17, 15) is 0 Å². The first-order valence-electron chi connectivity index (χ1n) is 7.32. The lowest BCUT2D eigenvalue weighted by atomic mass is 10.1. The lowest BCUT2D eigenvalue weighted by Crippen LogP contribution is -1.93. The van der Waals surface area contributed by atoms with E-state index in [-0.39, 0.29) is 0 Å². The van der Waals surface area contributed by atoms with Crippen LogP contribution in [0.3, 0.4) is 0 Å². The second-order valence-electron chi connectivity index (χ2n) is 4.80. The summed E-state index contributed by atoms with van der Waals surface area (Å²) in [6.07, 6.45) is 6.59. The highest BCUT2D eigenvalue weighted by molar-refractivity contribution is 5.72. The molecule has 0 amide bonds. The molecule has 0 aliphatic heterocycles. The summed E-state index contributed by atoms with van der Waals surface area (Å²) < 4.78 is 5.64. The minimum Gasteiger partial charge on any atom is -0.493 e. The Balaban J connectivity index is 2.18. The van der Waals surface area contributed by atoms with Crippen molar-refractivity contribution in [3.05, 3.63) is 65.2 Å². The van der Waals surface area contributed by atoms with Gasteiger partial charge in [0, 0.05) is 5.56 Å². The molecule has 2 aromatic rings. The summed E-state index contributed by atoms with van der Waals surface area (Å²) in [6.45, 7) is 4.91. The molecule has 0 fully saturated rings. The fourth-order valence-corrected chi connectivity index (χ4v) is 2.23. The molecule has 1 heteroatoms. The van der Waals surface area contributed by atoms with Gasteiger partial charge in [0.2, 0.25) is 0 Å². The summed E-state index contributed by atoms with van der Waals surface area (Å²) >= 11 is 0. The third-order valence-electron chi connectivity index (χ3n) is 3.16. The van der Waals surface area contributed by atoms with Gasteiger partial charge in [-0.25, -0.2) is 0 Å². The molecule has 0 spiro atoms. The largest absolute Gasteiger partial charge is 0.493 e. The zero-order chi connectivity index (χ0) is 14.2. The number of benzene rings is 2. The number of hydrogen-bond donors (Lipinski definition) is 0. The molecule has 0 unspecified atom stereocenters. The zero-order valence-corrected chi connectivity index (χ0v) is 12.3. The van der Waals surface area contributed by atoms with Crippen LogP contribution < -0.4 is 4.74 Å². The Hall–Kier alpha value is -2.02. The van der Waals surface area contributed by atoms with Gasteiger partial charge < -0.3 is 4.74 Å². The number of hydrogen-bond acceptors (Lipinski definition) is 1. The highest BCUT2D eigenvalue weighted by atomic mass is 16.5. The van der Waals surface area contributed by atoms with Crippen LogP contribution in [0.15, 0.2) is 48.5 Å². The summed E-state index contributed by atoms with van der Waals surface area (Å²) in [5.41, 5.74) is 3.75. The molecule has 0 saturated carbocycles. The summed E-state index contributed by atoms with van der Waals surface area (Å²) in [7, 11) is 0. The van der Waals surface area contributed by atoms with Gasteiger partial charge in [-0.15, -0.1) is 0 Å². The summed E-state index contributed by atoms with van der Waals surface area (Å²) in [5, 5.41) is 0. The van der Waals surface area contributed by atoms with Gasteiger partial charge in [-0.1, -0.05) is 68.0 Å². The Kier molecular flexibility index (Phi) is 5.43. The molecule has 0 heterocycles. The second-order valence-corrected chi connectivity index (χ2v) is 4.80. The molecule has 0 N–H and O–H groups in total. The molecule has 0 atom stereocenters. The van der Waals surface area contributed by atoms with Crippen LogP contribution in [0.4, 0.5) is 0 Å². The maximum absolute atomic E-state index is 5.64. The van der Waals surface area contributed by atoms with E-state index in [4.69, 9.17) is 4.74 Å². The highest BCUT2D eigenvalue weighted by Gasteiger charge is 1.98. The van der Waals surface area contributed by atoms with E-state index in [1.54, 1.807) is 0 Å². The fraction of sp³-hybridized carbons (Fsp3) is 0.263. The Bertz CT molecular complexity index is 569. The summed E-state index contributed by atoms with van der Waals surface area (Å²) in [5.74, 6) is 0.941. The predicted octanol–water partition coefficient (Wildman–Crippen LogP) is 5.21. The standard InChI is InChI=1S/C19H22O/c1-3-8-16-9-7-10-17(15-16)13-14-18-11-5-6-12-19(18)20-4-2/h5-7,9-15H,3-4,8H2,1-2H3/b14-13+. The molecular formula is C19H22O. The van der Waals surface area contributed by atoms with Crippen LogP contribution in [0.5, 0.6) is 5.75 Å². The van der Waals surface area contributed by atoms with Gasteiger partial charge in [-0.3, -0.25) is 0 Å². The zero-order valence-electron chi connectivity index (χ0n) is 12.3. The summed E-state index contributed by atoms with van der Waals surface area (Å²) in [4.78, 5) is 0. The van der Waals surface area contributed by atoms with Crippen molar-refractivity contribution in [1.82, 2.24) is 0 Å². The SMILES string of the molecule is CCCc1cccc(/C=C/c2ccccc2OCC)c1. The van der Waals surface area contributed by atoms with E-state index in [1.165, 1.54) is 17.5 Å². The van der Waals surface area contributed by atoms with Gasteiger partial charge in [0.1, 0.15) is 5.75 Å². The van der Waals surface area contributed by atoms with Gasteiger partial charge in [0.25, 0.3) is 0 Å². The van der Waals surface area contributed by atoms with Crippen molar-refractivity contribution < 1.29 is 4.74 Å². The average Bonchev–Trinajstić information content (AvgIpc) is 2.47. The van der Waals surface area contributed by atoms with E-state index in [2.05, 4.69) is 49.4 Å². The monoisotopic (exact) mass is 266 g/mol. The molecule has 104 valence electrons. The van der Waals surface area contributed by atoms with E-state index in [0.717, 1.165) is 17.7 Å². The Labute approximate surface area is 121 Å². The summed E-state index contributed by atoms with van der Waals surface area (Å²) in [6, 6.07) is 16.8.